The van der Waals surface area contributed by atoms with Crippen LogP contribution in [0.1, 0.15) is 44.6 Å². The summed E-state index contributed by atoms with van der Waals surface area (Å²) in [6.45, 7) is 4.22. The van der Waals surface area contributed by atoms with E-state index in [0.717, 1.165) is 18.4 Å². The number of fused-ring (bicyclic) bond motifs is 1. The van der Waals surface area contributed by atoms with Crippen molar-refractivity contribution in [3.8, 4) is 0 Å². The number of aliphatic imine (C=N–C) groups is 1. The first-order valence-electron chi connectivity index (χ1n) is 8.01. The predicted molar refractivity (Wildman–Crippen MR) is 97.9 cm³/mol. The molecule has 0 aliphatic heterocycles. The van der Waals surface area contributed by atoms with E-state index < -0.39 is 5.91 Å². The average molecular weight is 319 g/mol. The van der Waals surface area contributed by atoms with Crippen molar-refractivity contribution in [1.82, 2.24) is 0 Å². The third-order valence-electron chi connectivity index (χ3n) is 4.46. The van der Waals surface area contributed by atoms with Crippen LogP contribution in [0.2, 0.25) is 0 Å². The SMILES string of the molecule is Cc1ccc(C2=CCCc3ccc(C(=O)N=C(N)N)cc32)cc1C. The molecule has 0 saturated carbocycles. The van der Waals surface area contributed by atoms with Gasteiger partial charge < -0.3 is 11.5 Å². The number of hydrogen-bond acceptors (Lipinski definition) is 1. The first-order valence-corrected chi connectivity index (χ1v) is 8.01. The van der Waals surface area contributed by atoms with E-state index in [1.165, 1.54) is 27.8 Å². The number of hydrogen-bond donors (Lipinski definition) is 2. The fraction of sp³-hybridized carbons (Fsp3) is 0.200. The second-order valence-corrected chi connectivity index (χ2v) is 6.17. The zero-order valence-corrected chi connectivity index (χ0v) is 14.0. The van der Waals surface area contributed by atoms with E-state index in [4.69, 9.17) is 11.5 Å². The molecule has 4 nitrogen and oxygen atoms in total. The summed E-state index contributed by atoms with van der Waals surface area (Å²) in [5, 5.41) is 0. The lowest BCUT2D eigenvalue weighted by atomic mass is 9.85. The molecular formula is C20H21N3O. The number of allylic oxidation sites excluding steroid dienone is 1. The molecule has 0 atom stereocenters. The molecular weight excluding hydrogens is 298 g/mol. The molecule has 1 amide bonds. The van der Waals surface area contributed by atoms with Gasteiger partial charge in [0, 0.05) is 5.56 Å². The second-order valence-electron chi connectivity index (χ2n) is 6.17. The van der Waals surface area contributed by atoms with Crippen LogP contribution in [-0.4, -0.2) is 11.9 Å². The van der Waals surface area contributed by atoms with Crippen molar-refractivity contribution in [2.75, 3.05) is 0 Å². The number of nitrogens with zero attached hydrogens (tertiary/aromatic N) is 1. The quantitative estimate of drug-likeness (QED) is 0.659. The third-order valence-corrected chi connectivity index (χ3v) is 4.46. The van der Waals surface area contributed by atoms with Crippen LogP contribution in [0.4, 0.5) is 0 Å². The predicted octanol–water partition coefficient (Wildman–Crippen LogP) is 3.09. The number of carbonyl (C=O) groups excluding carboxylic acids is 1. The minimum absolute atomic E-state index is 0.220. The summed E-state index contributed by atoms with van der Waals surface area (Å²) in [7, 11) is 0. The summed E-state index contributed by atoms with van der Waals surface area (Å²) in [6, 6.07) is 12.1. The zero-order chi connectivity index (χ0) is 17.3. The Hall–Kier alpha value is -2.88. The highest BCUT2D eigenvalue weighted by molar-refractivity contribution is 6.02. The first-order chi connectivity index (χ1) is 11.5. The van der Waals surface area contributed by atoms with Gasteiger partial charge in [0.1, 0.15) is 0 Å². The van der Waals surface area contributed by atoms with Crippen molar-refractivity contribution in [2.45, 2.75) is 26.7 Å². The lowest BCUT2D eigenvalue weighted by Crippen LogP contribution is -2.24. The van der Waals surface area contributed by atoms with E-state index in [-0.39, 0.29) is 5.96 Å². The van der Waals surface area contributed by atoms with Crippen LogP contribution in [0, 0.1) is 13.8 Å². The van der Waals surface area contributed by atoms with Gasteiger partial charge in [0.25, 0.3) is 5.91 Å². The number of rotatable bonds is 2. The molecule has 0 fully saturated rings. The molecule has 3 rings (SSSR count). The summed E-state index contributed by atoms with van der Waals surface area (Å²) >= 11 is 0. The van der Waals surface area contributed by atoms with E-state index in [1.54, 1.807) is 6.07 Å². The van der Waals surface area contributed by atoms with Gasteiger partial charge in [-0.2, -0.15) is 4.99 Å². The van der Waals surface area contributed by atoms with Gasteiger partial charge >= 0.3 is 0 Å². The highest BCUT2D eigenvalue weighted by atomic mass is 16.1. The summed E-state index contributed by atoms with van der Waals surface area (Å²) in [4.78, 5) is 15.7. The topological polar surface area (TPSA) is 81.5 Å². The van der Waals surface area contributed by atoms with Gasteiger partial charge in [0.05, 0.1) is 0 Å². The van der Waals surface area contributed by atoms with E-state index in [2.05, 4.69) is 43.1 Å². The van der Waals surface area contributed by atoms with Gasteiger partial charge in [-0.05, 0) is 72.2 Å². The molecule has 4 heteroatoms. The monoisotopic (exact) mass is 319 g/mol. The molecule has 1 aliphatic carbocycles. The molecule has 24 heavy (non-hydrogen) atoms. The molecule has 1 aliphatic rings. The van der Waals surface area contributed by atoms with Crippen molar-refractivity contribution >= 4 is 17.4 Å². The molecule has 0 spiro atoms. The van der Waals surface area contributed by atoms with Crippen molar-refractivity contribution in [3.05, 3.63) is 75.9 Å². The maximum atomic E-state index is 12.1. The summed E-state index contributed by atoms with van der Waals surface area (Å²) in [6.07, 6.45) is 4.21. The lowest BCUT2D eigenvalue weighted by molar-refractivity contribution is 0.100. The van der Waals surface area contributed by atoms with Crippen LogP contribution < -0.4 is 11.5 Å². The Morgan fingerprint density at radius 2 is 1.83 bits per heavy atom. The Kier molecular flexibility index (Phi) is 4.21. The average Bonchev–Trinajstić information content (AvgIpc) is 2.55. The van der Waals surface area contributed by atoms with Crippen LogP contribution in [0.3, 0.4) is 0 Å². The van der Waals surface area contributed by atoms with Crippen molar-refractivity contribution in [1.29, 1.82) is 0 Å². The van der Waals surface area contributed by atoms with Crippen LogP contribution in [0.5, 0.6) is 0 Å². The Bertz CT molecular complexity index is 874. The second kappa shape index (κ2) is 6.32. The molecule has 0 bridgehead atoms. The molecule has 122 valence electrons. The molecule has 2 aromatic rings. The zero-order valence-electron chi connectivity index (χ0n) is 14.0. The molecule has 0 heterocycles. The van der Waals surface area contributed by atoms with E-state index in [0.29, 0.717) is 5.56 Å². The molecule has 0 saturated heterocycles. The highest BCUT2D eigenvalue weighted by Gasteiger charge is 2.17. The van der Waals surface area contributed by atoms with Crippen LogP contribution >= 0.6 is 0 Å². The van der Waals surface area contributed by atoms with E-state index in [9.17, 15) is 4.79 Å². The fourth-order valence-electron chi connectivity index (χ4n) is 3.02. The Morgan fingerprint density at radius 3 is 2.54 bits per heavy atom. The van der Waals surface area contributed by atoms with Crippen LogP contribution in [0.25, 0.3) is 5.57 Å². The smallest absolute Gasteiger partial charge is 0.280 e. The first kappa shape index (κ1) is 16.0. The number of guanidine groups is 1. The van der Waals surface area contributed by atoms with Crippen molar-refractivity contribution in [3.63, 3.8) is 0 Å². The van der Waals surface area contributed by atoms with Crippen molar-refractivity contribution in [2.24, 2.45) is 16.5 Å². The third kappa shape index (κ3) is 3.08. The Labute approximate surface area is 141 Å². The normalized spacial score (nSPS) is 13.0. The van der Waals surface area contributed by atoms with Crippen LogP contribution in [0.15, 0.2) is 47.5 Å². The van der Waals surface area contributed by atoms with Gasteiger partial charge in [0.15, 0.2) is 5.96 Å². The van der Waals surface area contributed by atoms with E-state index in [1.807, 2.05) is 12.1 Å². The number of benzene rings is 2. The maximum Gasteiger partial charge on any atom is 0.280 e. The largest absolute Gasteiger partial charge is 0.370 e. The standard InChI is InChI=1S/C20H21N3O/c1-12-6-7-15(10-13(12)2)17-5-3-4-14-8-9-16(11-18(14)17)19(24)23-20(21)22/h5-11H,3-4H2,1-2H3,(H4,21,22,23,24). The number of carbonyl (C=O) groups is 1. The number of nitrogens with two attached hydrogens (primary N) is 2. The van der Waals surface area contributed by atoms with Gasteiger partial charge in [-0.25, -0.2) is 0 Å². The summed E-state index contributed by atoms with van der Waals surface area (Å²) < 4.78 is 0. The molecule has 0 radical (unpaired) electrons. The lowest BCUT2D eigenvalue weighted by Gasteiger charge is -2.19. The van der Waals surface area contributed by atoms with Gasteiger partial charge in [-0.15, -0.1) is 0 Å². The van der Waals surface area contributed by atoms with Gasteiger partial charge in [-0.3, -0.25) is 4.79 Å². The minimum Gasteiger partial charge on any atom is -0.370 e. The fourth-order valence-corrected chi connectivity index (χ4v) is 3.02. The number of aryl methyl sites for hydroxylation is 3. The molecule has 2 aromatic carbocycles. The maximum absolute atomic E-state index is 12.1. The highest BCUT2D eigenvalue weighted by Crippen LogP contribution is 2.33. The summed E-state index contributed by atoms with van der Waals surface area (Å²) in [5.74, 6) is -0.634. The van der Waals surface area contributed by atoms with Crippen LogP contribution in [-0.2, 0) is 6.42 Å². The Morgan fingerprint density at radius 1 is 1.04 bits per heavy atom. The molecule has 0 aromatic heterocycles. The summed E-state index contributed by atoms with van der Waals surface area (Å²) in [5.41, 5.74) is 18.3. The van der Waals surface area contributed by atoms with E-state index >= 15 is 0 Å². The molecule has 0 unspecified atom stereocenters. The Balaban J connectivity index is 2.07. The molecule has 4 N–H and O–H groups in total. The minimum atomic E-state index is -0.414. The number of amides is 1. The van der Waals surface area contributed by atoms with Gasteiger partial charge in [0.2, 0.25) is 0 Å². The van der Waals surface area contributed by atoms with Crippen molar-refractivity contribution < 1.29 is 4.79 Å². The van der Waals surface area contributed by atoms with Gasteiger partial charge in [-0.1, -0.05) is 30.3 Å².